The van der Waals surface area contributed by atoms with Gasteiger partial charge in [-0.05, 0) is 31.4 Å². The Morgan fingerprint density at radius 1 is 1.36 bits per heavy atom. The quantitative estimate of drug-likeness (QED) is 0.420. The summed E-state index contributed by atoms with van der Waals surface area (Å²) in [5.41, 5.74) is 0.469. The lowest BCUT2D eigenvalue weighted by Gasteiger charge is -2.13. The van der Waals surface area contributed by atoms with E-state index < -0.39 is 16.7 Å². The minimum absolute atomic E-state index is 0.0175. The van der Waals surface area contributed by atoms with Gasteiger partial charge in [0, 0.05) is 29.8 Å². The van der Waals surface area contributed by atoms with Gasteiger partial charge >= 0.3 is 11.8 Å². The van der Waals surface area contributed by atoms with Crippen LogP contribution in [0.25, 0.3) is 0 Å². The van der Waals surface area contributed by atoms with Crippen LogP contribution in [0.1, 0.15) is 18.4 Å². The summed E-state index contributed by atoms with van der Waals surface area (Å²) in [6.45, 7) is 1.84. The molecule has 0 bridgehead atoms. The molecule has 0 aromatic heterocycles. The average Bonchev–Trinajstić information content (AvgIpc) is 3.27. The fraction of sp³-hybridized carbons (Fsp3) is 0.429. The molecule has 3 N–H and O–H groups in total. The molecule has 2 rings (SSSR count). The van der Waals surface area contributed by atoms with E-state index in [1.165, 1.54) is 18.2 Å². The number of carbonyl (C=O) groups excluding carboxylic acids is 2. The molecule has 1 saturated carbocycles. The zero-order valence-corrected chi connectivity index (χ0v) is 12.1. The Labute approximate surface area is 126 Å². The van der Waals surface area contributed by atoms with Gasteiger partial charge < -0.3 is 15.7 Å². The van der Waals surface area contributed by atoms with Crippen molar-refractivity contribution >= 4 is 23.2 Å². The van der Waals surface area contributed by atoms with E-state index in [-0.39, 0.29) is 24.3 Å². The van der Waals surface area contributed by atoms with Crippen LogP contribution < -0.4 is 10.6 Å². The normalized spacial score (nSPS) is 15.0. The van der Waals surface area contributed by atoms with Gasteiger partial charge in [-0.15, -0.1) is 0 Å². The van der Waals surface area contributed by atoms with Gasteiger partial charge in [0.05, 0.1) is 11.5 Å². The first kappa shape index (κ1) is 15.9. The van der Waals surface area contributed by atoms with E-state index >= 15 is 0 Å². The van der Waals surface area contributed by atoms with Crippen LogP contribution in [0.4, 0.5) is 11.4 Å². The maximum atomic E-state index is 11.8. The molecule has 118 valence electrons. The summed E-state index contributed by atoms with van der Waals surface area (Å²) in [6, 6.07) is 3.96. The summed E-state index contributed by atoms with van der Waals surface area (Å²) in [7, 11) is 0. The van der Waals surface area contributed by atoms with Gasteiger partial charge in [-0.3, -0.25) is 19.7 Å². The van der Waals surface area contributed by atoms with Crippen LogP contribution in [-0.4, -0.2) is 35.0 Å². The summed E-state index contributed by atoms with van der Waals surface area (Å²) in [5.74, 6) is -1.64. The van der Waals surface area contributed by atoms with Crippen molar-refractivity contribution in [2.75, 3.05) is 18.5 Å². The molecule has 0 aliphatic heterocycles. The van der Waals surface area contributed by atoms with Crippen molar-refractivity contribution < 1.29 is 19.6 Å². The number of amides is 2. The molecule has 0 unspecified atom stereocenters. The third-order valence-electron chi connectivity index (χ3n) is 3.79. The van der Waals surface area contributed by atoms with Crippen molar-refractivity contribution in [3.8, 4) is 0 Å². The number of hydrogen-bond donors (Lipinski definition) is 3. The van der Waals surface area contributed by atoms with Gasteiger partial charge in [0.2, 0.25) is 0 Å². The monoisotopic (exact) mass is 307 g/mol. The fourth-order valence-corrected chi connectivity index (χ4v) is 2.00. The summed E-state index contributed by atoms with van der Waals surface area (Å²) in [5, 5.41) is 24.7. The molecular formula is C14H17N3O5. The molecule has 0 heterocycles. The summed E-state index contributed by atoms with van der Waals surface area (Å²) < 4.78 is 0. The van der Waals surface area contributed by atoms with Gasteiger partial charge in [0.1, 0.15) is 0 Å². The third kappa shape index (κ3) is 3.59. The lowest BCUT2D eigenvalue weighted by molar-refractivity contribution is -0.384. The zero-order valence-electron chi connectivity index (χ0n) is 12.1. The number of aliphatic hydroxyl groups is 1. The van der Waals surface area contributed by atoms with Crippen molar-refractivity contribution in [3.63, 3.8) is 0 Å². The van der Waals surface area contributed by atoms with E-state index in [1.54, 1.807) is 6.92 Å². The van der Waals surface area contributed by atoms with Crippen LogP contribution in [0.15, 0.2) is 18.2 Å². The number of anilines is 1. The molecule has 1 aliphatic carbocycles. The fourth-order valence-electron chi connectivity index (χ4n) is 2.00. The number of nitrogens with zero attached hydrogens (tertiary/aromatic N) is 1. The number of carbonyl (C=O) groups is 2. The van der Waals surface area contributed by atoms with Gasteiger partial charge in [-0.25, -0.2) is 0 Å². The van der Waals surface area contributed by atoms with Gasteiger partial charge in [-0.1, -0.05) is 0 Å². The molecule has 0 radical (unpaired) electrons. The Morgan fingerprint density at radius 2 is 2.05 bits per heavy atom. The van der Waals surface area contributed by atoms with Crippen molar-refractivity contribution in [2.45, 2.75) is 19.8 Å². The smallest absolute Gasteiger partial charge is 0.313 e. The van der Waals surface area contributed by atoms with Gasteiger partial charge in [0.25, 0.3) is 5.69 Å². The Bertz CT molecular complexity index is 625. The number of aryl methyl sites for hydroxylation is 1. The molecule has 0 saturated heterocycles. The van der Waals surface area contributed by atoms with Crippen LogP contribution in [0.3, 0.4) is 0 Å². The van der Waals surface area contributed by atoms with Crippen LogP contribution >= 0.6 is 0 Å². The topological polar surface area (TPSA) is 122 Å². The molecule has 8 heteroatoms. The minimum Gasteiger partial charge on any atom is -0.396 e. The van der Waals surface area contributed by atoms with Crippen molar-refractivity contribution in [2.24, 2.45) is 5.41 Å². The Morgan fingerprint density at radius 3 is 2.55 bits per heavy atom. The van der Waals surface area contributed by atoms with E-state index in [1.807, 2.05) is 0 Å². The van der Waals surface area contributed by atoms with Gasteiger partial charge in [0.15, 0.2) is 0 Å². The first-order valence-corrected chi connectivity index (χ1v) is 6.82. The lowest BCUT2D eigenvalue weighted by Crippen LogP contribution is -2.39. The van der Waals surface area contributed by atoms with Crippen LogP contribution in [0.2, 0.25) is 0 Å². The number of nitro benzene ring substituents is 1. The highest BCUT2D eigenvalue weighted by Crippen LogP contribution is 2.44. The summed E-state index contributed by atoms with van der Waals surface area (Å²) in [6.07, 6.45) is 1.65. The molecule has 1 aromatic rings. The molecule has 1 aromatic carbocycles. The molecule has 2 amide bonds. The molecular weight excluding hydrogens is 290 g/mol. The maximum Gasteiger partial charge on any atom is 0.313 e. The lowest BCUT2D eigenvalue weighted by atomic mass is 10.1. The SMILES string of the molecule is Cc1cc([N+](=O)[O-])ccc1NC(=O)C(=O)NCC1(CO)CC1. The van der Waals surface area contributed by atoms with Crippen molar-refractivity contribution in [3.05, 3.63) is 33.9 Å². The molecule has 1 fully saturated rings. The second kappa shape index (κ2) is 6.10. The number of benzene rings is 1. The van der Waals surface area contributed by atoms with E-state index in [4.69, 9.17) is 5.11 Å². The van der Waals surface area contributed by atoms with E-state index in [0.717, 1.165) is 12.8 Å². The van der Waals surface area contributed by atoms with Gasteiger partial charge in [-0.2, -0.15) is 0 Å². The number of nitro groups is 1. The predicted octanol–water partition coefficient (Wildman–Crippen LogP) is 0.730. The highest BCUT2D eigenvalue weighted by Gasteiger charge is 2.42. The number of rotatable bonds is 5. The number of non-ortho nitro benzene ring substituents is 1. The number of aliphatic hydroxyl groups excluding tert-OH is 1. The Balaban J connectivity index is 1.93. The molecule has 0 spiro atoms. The largest absolute Gasteiger partial charge is 0.396 e. The van der Waals surface area contributed by atoms with E-state index in [0.29, 0.717) is 11.3 Å². The Kier molecular flexibility index (Phi) is 4.41. The maximum absolute atomic E-state index is 11.8. The highest BCUT2D eigenvalue weighted by atomic mass is 16.6. The average molecular weight is 307 g/mol. The summed E-state index contributed by atoms with van der Waals surface area (Å²) >= 11 is 0. The van der Waals surface area contributed by atoms with Crippen LogP contribution in [-0.2, 0) is 9.59 Å². The van der Waals surface area contributed by atoms with E-state index in [2.05, 4.69) is 10.6 Å². The molecule has 1 aliphatic rings. The number of nitrogens with one attached hydrogen (secondary N) is 2. The third-order valence-corrected chi connectivity index (χ3v) is 3.79. The standard InChI is InChI=1S/C14H17N3O5/c1-9-6-10(17(21)22)2-3-11(9)16-13(20)12(19)15-7-14(8-18)4-5-14/h2-3,6,18H,4-5,7-8H2,1H3,(H,15,19)(H,16,20). The number of hydrogen-bond acceptors (Lipinski definition) is 5. The van der Waals surface area contributed by atoms with Crippen LogP contribution in [0.5, 0.6) is 0 Å². The van der Waals surface area contributed by atoms with E-state index in [9.17, 15) is 19.7 Å². The summed E-state index contributed by atoms with van der Waals surface area (Å²) in [4.78, 5) is 33.6. The first-order valence-electron chi connectivity index (χ1n) is 6.82. The minimum atomic E-state index is -0.842. The molecule has 0 atom stereocenters. The predicted molar refractivity (Wildman–Crippen MR) is 78.2 cm³/mol. The Hall–Kier alpha value is -2.48. The highest BCUT2D eigenvalue weighted by molar-refractivity contribution is 6.39. The second-order valence-electron chi connectivity index (χ2n) is 5.55. The van der Waals surface area contributed by atoms with Crippen LogP contribution in [0, 0.1) is 22.5 Å². The zero-order chi connectivity index (χ0) is 16.3. The van der Waals surface area contributed by atoms with Crippen molar-refractivity contribution in [1.29, 1.82) is 0 Å². The second-order valence-corrected chi connectivity index (χ2v) is 5.55. The first-order chi connectivity index (χ1) is 10.4. The van der Waals surface area contributed by atoms with Crippen molar-refractivity contribution in [1.82, 2.24) is 5.32 Å². The molecule has 8 nitrogen and oxygen atoms in total. The molecule has 22 heavy (non-hydrogen) atoms.